The summed E-state index contributed by atoms with van der Waals surface area (Å²) in [6, 6.07) is 12.1. The number of aromatic amines is 1. The first-order valence-corrected chi connectivity index (χ1v) is 9.74. The van der Waals surface area contributed by atoms with Crippen LogP contribution in [0.4, 0.5) is 11.4 Å². The molecule has 8 nitrogen and oxygen atoms in total. The van der Waals surface area contributed by atoms with Crippen molar-refractivity contribution >= 4 is 41.4 Å². The van der Waals surface area contributed by atoms with Crippen molar-refractivity contribution in [1.29, 1.82) is 0 Å². The van der Waals surface area contributed by atoms with Crippen LogP contribution in [0.5, 0.6) is 0 Å². The molecule has 0 bridgehead atoms. The predicted octanol–water partition coefficient (Wildman–Crippen LogP) is 4.90. The lowest BCUT2D eigenvalue weighted by atomic mass is 10.2. The lowest BCUT2D eigenvalue weighted by molar-refractivity contribution is -0.384. The van der Waals surface area contributed by atoms with Gasteiger partial charge < -0.3 is 4.90 Å². The Morgan fingerprint density at radius 2 is 1.97 bits per heavy atom. The molecule has 0 aliphatic heterocycles. The summed E-state index contributed by atoms with van der Waals surface area (Å²) in [5.41, 5.74) is 2.28. The molecule has 0 aliphatic carbocycles. The molecule has 2 aromatic carbocycles. The van der Waals surface area contributed by atoms with Gasteiger partial charge in [0.1, 0.15) is 0 Å². The molecule has 0 amide bonds. The van der Waals surface area contributed by atoms with Crippen molar-refractivity contribution < 1.29 is 4.92 Å². The van der Waals surface area contributed by atoms with Gasteiger partial charge in [0.15, 0.2) is 5.82 Å². The average Bonchev–Trinajstić information content (AvgIpc) is 3.09. The lowest BCUT2D eigenvalue weighted by Gasteiger charge is -2.20. The van der Waals surface area contributed by atoms with Gasteiger partial charge in [0.25, 0.3) is 5.69 Å². The highest BCUT2D eigenvalue weighted by atomic mass is 35.5. The van der Waals surface area contributed by atoms with E-state index < -0.39 is 4.92 Å². The summed E-state index contributed by atoms with van der Waals surface area (Å²) in [6.07, 6.45) is 1.43. The van der Waals surface area contributed by atoms with E-state index >= 15 is 0 Å². The van der Waals surface area contributed by atoms with Gasteiger partial charge in [0.2, 0.25) is 4.77 Å². The molecule has 0 aliphatic rings. The molecule has 1 N–H and O–H groups in total. The van der Waals surface area contributed by atoms with E-state index in [4.69, 9.17) is 23.8 Å². The summed E-state index contributed by atoms with van der Waals surface area (Å²) in [5.74, 6) is 0.527. The Balaban J connectivity index is 1.95. The fraction of sp³-hybridized carbons (Fsp3) is 0.211. The number of nitro groups is 1. The number of benzene rings is 2. The van der Waals surface area contributed by atoms with Crippen molar-refractivity contribution in [3.63, 3.8) is 0 Å². The number of anilines is 1. The molecule has 1 heterocycles. The first-order chi connectivity index (χ1) is 13.9. The second-order valence-electron chi connectivity index (χ2n) is 6.09. The van der Waals surface area contributed by atoms with Crippen molar-refractivity contribution in [1.82, 2.24) is 14.9 Å². The largest absolute Gasteiger partial charge is 0.372 e. The minimum Gasteiger partial charge on any atom is -0.372 e. The normalized spacial score (nSPS) is 11.1. The Hall–Kier alpha value is -3.04. The number of hydrogen-bond acceptors (Lipinski definition) is 6. The number of hydrogen-bond donors (Lipinski definition) is 1. The van der Waals surface area contributed by atoms with E-state index in [1.807, 2.05) is 24.3 Å². The minimum atomic E-state index is -0.486. The van der Waals surface area contributed by atoms with Gasteiger partial charge in [-0.3, -0.25) is 10.1 Å². The van der Waals surface area contributed by atoms with Gasteiger partial charge in [-0.25, -0.2) is 5.10 Å². The molecule has 0 saturated carbocycles. The van der Waals surface area contributed by atoms with E-state index in [2.05, 4.69) is 34.0 Å². The minimum absolute atomic E-state index is 0.0705. The lowest BCUT2D eigenvalue weighted by Crippen LogP contribution is -2.21. The molecule has 29 heavy (non-hydrogen) atoms. The van der Waals surface area contributed by atoms with E-state index in [1.54, 1.807) is 0 Å². The molecular weight excluding hydrogens is 412 g/mol. The maximum absolute atomic E-state index is 11.0. The second kappa shape index (κ2) is 8.97. The highest BCUT2D eigenvalue weighted by molar-refractivity contribution is 7.71. The van der Waals surface area contributed by atoms with Crippen LogP contribution < -0.4 is 4.90 Å². The number of nitrogens with zero attached hydrogens (tertiary/aromatic N) is 5. The number of halogens is 1. The van der Waals surface area contributed by atoms with Gasteiger partial charge in [0.05, 0.1) is 11.1 Å². The van der Waals surface area contributed by atoms with E-state index in [-0.39, 0.29) is 5.69 Å². The quantitative estimate of drug-likeness (QED) is 0.249. The van der Waals surface area contributed by atoms with Crippen molar-refractivity contribution in [2.75, 3.05) is 18.0 Å². The number of aromatic nitrogens is 3. The monoisotopic (exact) mass is 430 g/mol. The van der Waals surface area contributed by atoms with E-state index in [0.717, 1.165) is 24.3 Å². The Morgan fingerprint density at radius 1 is 1.28 bits per heavy atom. The zero-order valence-corrected chi connectivity index (χ0v) is 17.4. The Labute approximate surface area is 177 Å². The Morgan fingerprint density at radius 3 is 2.59 bits per heavy atom. The van der Waals surface area contributed by atoms with E-state index in [1.165, 1.54) is 29.1 Å². The van der Waals surface area contributed by atoms with Gasteiger partial charge in [-0.15, -0.1) is 0 Å². The average molecular weight is 431 g/mol. The molecule has 3 rings (SSSR count). The van der Waals surface area contributed by atoms with E-state index in [0.29, 0.717) is 21.2 Å². The van der Waals surface area contributed by atoms with E-state index in [9.17, 15) is 10.1 Å². The molecule has 0 spiro atoms. The van der Waals surface area contributed by atoms with Crippen LogP contribution in [0.2, 0.25) is 5.02 Å². The van der Waals surface area contributed by atoms with Crippen LogP contribution in [0.3, 0.4) is 0 Å². The summed E-state index contributed by atoms with van der Waals surface area (Å²) in [6.45, 7) is 6.05. The van der Waals surface area contributed by atoms with Gasteiger partial charge >= 0.3 is 0 Å². The fourth-order valence-electron chi connectivity index (χ4n) is 2.86. The summed E-state index contributed by atoms with van der Waals surface area (Å²) in [7, 11) is 0. The zero-order valence-electron chi connectivity index (χ0n) is 15.9. The zero-order chi connectivity index (χ0) is 21.0. The number of non-ortho nitro benzene ring substituents is 1. The third-order valence-corrected chi connectivity index (χ3v) is 5.02. The molecule has 0 fully saturated rings. The first-order valence-electron chi connectivity index (χ1n) is 8.95. The maximum Gasteiger partial charge on any atom is 0.270 e. The molecule has 0 unspecified atom stereocenters. The summed E-state index contributed by atoms with van der Waals surface area (Å²) in [4.78, 5) is 12.7. The number of H-pyrrole nitrogens is 1. The number of rotatable bonds is 7. The van der Waals surface area contributed by atoms with Crippen LogP contribution in [-0.4, -0.2) is 39.1 Å². The summed E-state index contributed by atoms with van der Waals surface area (Å²) < 4.78 is 1.75. The molecule has 0 saturated heterocycles. The summed E-state index contributed by atoms with van der Waals surface area (Å²) >= 11 is 11.4. The van der Waals surface area contributed by atoms with Crippen molar-refractivity contribution in [3.05, 3.63) is 67.9 Å². The molecular formula is C19H19ClN6O2S. The third kappa shape index (κ3) is 4.52. The molecule has 1 aromatic heterocycles. The maximum atomic E-state index is 11.0. The highest BCUT2D eigenvalue weighted by Crippen LogP contribution is 2.23. The Kier molecular flexibility index (Phi) is 6.40. The van der Waals surface area contributed by atoms with Crippen molar-refractivity contribution in [2.45, 2.75) is 13.8 Å². The SMILES string of the molecule is CCN(CC)c1ccc(-c2n[nH]c(=S)n2N=Cc2cc([N+](=O)[O-])ccc2Cl)cc1. The molecule has 150 valence electrons. The number of nitrogens with one attached hydrogen (secondary N) is 1. The molecule has 10 heteroatoms. The Bertz CT molecular complexity index is 1100. The summed E-state index contributed by atoms with van der Waals surface area (Å²) in [5, 5.41) is 22.7. The van der Waals surface area contributed by atoms with Gasteiger partial charge in [-0.1, -0.05) is 11.6 Å². The molecule has 0 atom stereocenters. The molecule has 0 radical (unpaired) electrons. The van der Waals surface area contributed by atoms with Crippen LogP contribution >= 0.6 is 23.8 Å². The fourth-order valence-corrected chi connectivity index (χ4v) is 3.20. The van der Waals surface area contributed by atoms with Crippen LogP contribution in [0, 0.1) is 14.9 Å². The predicted molar refractivity (Wildman–Crippen MR) is 118 cm³/mol. The smallest absolute Gasteiger partial charge is 0.270 e. The standard InChI is InChI=1S/C19H19ClN6O2S/c1-3-24(4-2)15-7-5-13(6-8-15)18-22-23-19(29)25(18)21-12-14-11-16(26(27)28)9-10-17(14)20/h5-12H,3-4H2,1-2H3,(H,23,29). The van der Waals surface area contributed by atoms with Crippen LogP contribution in [0.1, 0.15) is 19.4 Å². The van der Waals surface area contributed by atoms with Gasteiger partial charge in [-0.05, 0) is 56.4 Å². The first kappa shape index (κ1) is 20.7. The van der Waals surface area contributed by atoms with Crippen LogP contribution in [0.25, 0.3) is 11.4 Å². The molecule has 3 aromatic rings. The van der Waals surface area contributed by atoms with Crippen molar-refractivity contribution in [2.24, 2.45) is 5.10 Å². The topological polar surface area (TPSA) is 92.3 Å². The third-order valence-electron chi connectivity index (χ3n) is 4.41. The van der Waals surface area contributed by atoms with Crippen LogP contribution in [0.15, 0.2) is 47.6 Å². The van der Waals surface area contributed by atoms with Crippen LogP contribution in [-0.2, 0) is 0 Å². The van der Waals surface area contributed by atoms with Gasteiger partial charge in [-0.2, -0.15) is 14.9 Å². The second-order valence-corrected chi connectivity index (χ2v) is 6.88. The highest BCUT2D eigenvalue weighted by Gasteiger charge is 2.11. The van der Waals surface area contributed by atoms with Gasteiger partial charge in [0, 0.05) is 47.1 Å². The van der Waals surface area contributed by atoms with Crippen molar-refractivity contribution in [3.8, 4) is 11.4 Å². The number of nitro benzene ring substituents is 1.